The van der Waals surface area contributed by atoms with Crippen molar-refractivity contribution in [3.05, 3.63) is 59.9 Å². The molecule has 0 aromatic heterocycles. The van der Waals surface area contributed by atoms with Gasteiger partial charge in [0.25, 0.3) is 0 Å². The Morgan fingerprint density at radius 3 is 2.83 bits per heavy atom. The van der Waals surface area contributed by atoms with E-state index in [1.807, 2.05) is 37.3 Å². The van der Waals surface area contributed by atoms with Crippen molar-refractivity contribution < 1.29 is 13.9 Å². The first kappa shape index (κ1) is 15.5. The van der Waals surface area contributed by atoms with Gasteiger partial charge in [-0.3, -0.25) is 4.79 Å². The quantitative estimate of drug-likeness (QED) is 0.947. The highest BCUT2D eigenvalue weighted by atomic mass is 19.1. The fraction of sp³-hybridized carbons (Fsp3) is 0.278. The summed E-state index contributed by atoms with van der Waals surface area (Å²) in [6, 6.07) is 13.4. The SMILES string of the molecule is CC1CN(C(=O)CC(N)c2ccccc2)c2ccc(F)cc2O1. The lowest BCUT2D eigenvalue weighted by molar-refractivity contribution is -0.119. The number of nitrogens with zero attached hydrogens (tertiary/aromatic N) is 1. The van der Waals surface area contributed by atoms with Gasteiger partial charge < -0.3 is 15.4 Å². The average Bonchev–Trinajstić information content (AvgIpc) is 2.54. The molecule has 1 amide bonds. The molecule has 120 valence electrons. The number of carbonyl (C=O) groups excluding carboxylic acids is 1. The zero-order chi connectivity index (χ0) is 16.4. The Balaban J connectivity index is 1.80. The van der Waals surface area contributed by atoms with Crippen molar-refractivity contribution in [1.82, 2.24) is 0 Å². The molecular formula is C18H19FN2O2. The number of nitrogens with two attached hydrogens (primary N) is 1. The molecule has 2 unspecified atom stereocenters. The number of hydrogen-bond donors (Lipinski definition) is 1. The van der Waals surface area contributed by atoms with E-state index in [1.165, 1.54) is 12.1 Å². The van der Waals surface area contributed by atoms with Gasteiger partial charge in [-0.25, -0.2) is 4.39 Å². The second-order valence-electron chi connectivity index (χ2n) is 5.77. The molecule has 3 rings (SSSR count). The van der Waals surface area contributed by atoms with E-state index in [9.17, 15) is 9.18 Å². The molecule has 1 heterocycles. The number of benzene rings is 2. The Morgan fingerprint density at radius 1 is 1.35 bits per heavy atom. The van der Waals surface area contributed by atoms with E-state index < -0.39 is 0 Å². The van der Waals surface area contributed by atoms with Crippen molar-refractivity contribution in [3.63, 3.8) is 0 Å². The van der Waals surface area contributed by atoms with Crippen LogP contribution in [0.4, 0.5) is 10.1 Å². The van der Waals surface area contributed by atoms with Crippen LogP contribution < -0.4 is 15.4 Å². The molecule has 23 heavy (non-hydrogen) atoms. The first-order valence-electron chi connectivity index (χ1n) is 7.61. The van der Waals surface area contributed by atoms with Crippen molar-refractivity contribution in [3.8, 4) is 5.75 Å². The average molecular weight is 314 g/mol. The fourth-order valence-electron chi connectivity index (χ4n) is 2.77. The monoisotopic (exact) mass is 314 g/mol. The standard InChI is InChI=1S/C18H19FN2O2/c1-12-11-21(16-8-7-14(19)9-17(16)23-12)18(22)10-15(20)13-5-3-2-4-6-13/h2-9,12,15H,10-11,20H2,1H3. The van der Waals surface area contributed by atoms with Crippen LogP contribution in [0.1, 0.15) is 24.9 Å². The fourth-order valence-corrected chi connectivity index (χ4v) is 2.77. The van der Waals surface area contributed by atoms with Crippen LogP contribution in [0.3, 0.4) is 0 Å². The van der Waals surface area contributed by atoms with Gasteiger partial charge in [-0.1, -0.05) is 30.3 Å². The van der Waals surface area contributed by atoms with E-state index in [0.717, 1.165) is 5.56 Å². The summed E-state index contributed by atoms with van der Waals surface area (Å²) in [4.78, 5) is 14.3. The summed E-state index contributed by atoms with van der Waals surface area (Å²) in [6.45, 7) is 2.28. The van der Waals surface area contributed by atoms with E-state index in [2.05, 4.69) is 0 Å². The number of hydrogen-bond acceptors (Lipinski definition) is 3. The lowest BCUT2D eigenvalue weighted by Crippen LogP contribution is -2.43. The maximum Gasteiger partial charge on any atom is 0.229 e. The van der Waals surface area contributed by atoms with Crippen LogP contribution in [-0.4, -0.2) is 18.6 Å². The third-order valence-electron chi connectivity index (χ3n) is 3.90. The Morgan fingerprint density at radius 2 is 2.09 bits per heavy atom. The Bertz CT molecular complexity index is 705. The topological polar surface area (TPSA) is 55.6 Å². The molecule has 2 aromatic rings. The number of fused-ring (bicyclic) bond motifs is 1. The minimum absolute atomic E-state index is 0.0932. The maximum absolute atomic E-state index is 13.4. The van der Waals surface area contributed by atoms with Gasteiger partial charge in [0.2, 0.25) is 5.91 Å². The molecule has 0 aliphatic carbocycles. The zero-order valence-electron chi connectivity index (χ0n) is 12.9. The zero-order valence-corrected chi connectivity index (χ0v) is 12.9. The van der Waals surface area contributed by atoms with Crippen molar-refractivity contribution in [2.24, 2.45) is 5.73 Å². The predicted octanol–water partition coefficient (Wildman–Crippen LogP) is 3.03. The molecule has 2 aromatic carbocycles. The molecular weight excluding hydrogens is 295 g/mol. The van der Waals surface area contributed by atoms with Crippen LogP contribution in [0, 0.1) is 5.82 Å². The maximum atomic E-state index is 13.4. The Labute approximate surface area is 134 Å². The van der Waals surface area contributed by atoms with Gasteiger partial charge in [0.05, 0.1) is 12.2 Å². The van der Waals surface area contributed by atoms with Crippen LogP contribution >= 0.6 is 0 Å². The van der Waals surface area contributed by atoms with Gasteiger partial charge in [0.1, 0.15) is 17.7 Å². The number of anilines is 1. The van der Waals surface area contributed by atoms with Gasteiger partial charge in [-0.05, 0) is 24.6 Å². The molecule has 2 atom stereocenters. The van der Waals surface area contributed by atoms with E-state index in [1.54, 1.807) is 11.0 Å². The molecule has 1 aliphatic heterocycles. The number of halogens is 1. The third kappa shape index (κ3) is 3.35. The second kappa shape index (κ2) is 6.38. The highest BCUT2D eigenvalue weighted by Crippen LogP contribution is 2.34. The van der Waals surface area contributed by atoms with Crippen molar-refractivity contribution in [2.75, 3.05) is 11.4 Å². The normalized spacial score (nSPS) is 18.0. The molecule has 0 saturated carbocycles. The van der Waals surface area contributed by atoms with E-state index in [0.29, 0.717) is 18.0 Å². The Kier molecular flexibility index (Phi) is 4.30. The lowest BCUT2D eigenvalue weighted by Gasteiger charge is -2.34. The summed E-state index contributed by atoms with van der Waals surface area (Å²) < 4.78 is 19.0. The van der Waals surface area contributed by atoms with Crippen LogP contribution in [-0.2, 0) is 4.79 Å². The summed E-state index contributed by atoms with van der Waals surface area (Å²) in [5.74, 6) is -0.0824. The molecule has 0 saturated heterocycles. The van der Waals surface area contributed by atoms with Crippen LogP contribution in [0.15, 0.2) is 48.5 Å². The Hall–Kier alpha value is -2.40. The van der Waals surface area contributed by atoms with Gasteiger partial charge in [0, 0.05) is 18.5 Å². The number of ether oxygens (including phenoxy) is 1. The number of rotatable bonds is 3. The van der Waals surface area contributed by atoms with Gasteiger partial charge in [-0.2, -0.15) is 0 Å². The molecule has 4 nitrogen and oxygen atoms in total. The summed E-state index contributed by atoms with van der Waals surface area (Å²) in [5, 5.41) is 0. The van der Waals surface area contributed by atoms with Crippen LogP contribution in [0.2, 0.25) is 0 Å². The molecule has 2 N–H and O–H groups in total. The molecule has 0 spiro atoms. The minimum atomic E-state index is -0.383. The van der Waals surface area contributed by atoms with Crippen molar-refractivity contribution in [1.29, 1.82) is 0 Å². The highest BCUT2D eigenvalue weighted by Gasteiger charge is 2.28. The van der Waals surface area contributed by atoms with Gasteiger partial charge >= 0.3 is 0 Å². The van der Waals surface area contributed by atoms with Crippen molar-refractivity contribution >= 4 is 11.6 Å². The van der Waals surface area contributed by atoms with Gasteiger partial charge in [0.15, 0.2) is 0 Å². The first-order valence-corrected chi connectivity index (χ1v) is 7.61. The lowest BCUT2D eigenvalue weighted by atomic mass is 10.0. The molecule has 0 fully saturated rings. The highest BCUT2D eigenvalue weighted by molar-refractivity contribution is 5.95. The van der Waals surface area contributed by atoms with E-state index in [-0.39, 0.29) is 30.3 Å². The summed E-state index contributed by atoms with van der Waals surface area (Å²) in [7, 11) is 0. The number of carbonyl (C=O) groups is 1. The second-order valence-corrected chi connectivity index (χ2v) is 5.77. The molecule has 0 bridgehead atoms. The minimum Gasteiger partial charge on any atom is -0.487 e. The predicted molar refractivity (Wildman–Crippen MR) is 86.8 cm³/mol. The van der Waals surface area contributed by atoms with Crippen LogP contribution in [0.5, 0.6) is 5.75 Å². The largest absolute Gasteiger partial charge is 0.487 e. The number of amides is 1. The van der Waals surface area contributed by atoms with Gasteiger partial charge in [-0.15, -0.1) is 0 Å². The summed E-state index contributed by atoms with van der Waals surface area (Å²) >= 11 is 0. The summed E-state index contributed by atoms with van der Waals surface area (Å²) in [6.07, 6.45) is -0.00529. The first-order chi connectivity index (χ1) is 11.0. The van der Waals surface area contributed by atoms with Crippen LogP contribution in [0.25, 0.3) is 0 Å². The molecule has 5 heteroatoms. The smallest absolute Gasteiger partial charge is 0.229 e. The van der Waals surface area contributed by atoms with E-state index in [4.69, 9.17) is 10.5 Å². The molecule has 1 aliphatic rings. The van der Waals surface area contributed by atoms with Crippen molar-refractivity contribution in [2.45, 2.75) is 25.5 Å². The molecule has 0 radical (unpaired) electrons. The summed E-state index contributed by atoms with van der Waals surface area (Å²) in [5.41, 5.74) is 7.65. The third-order valence-corrected chi connectivity index (χ3v) is 3.90. The van der Waals surface area contributed by atoms with E-state index >= 15 is 0 Å².